The second kappa shape index (κ2) is 12.5. The van der Waals surface area contributed by atoms with Gasteiger partial charge in [-0.15, -0.1) is 0 Å². The summed E-state index contributed by atoms with van der Waals surface area (Å²) in [5, 5.41) is 15.1. The fourth-order valence-electron chi connectivity index (χ4n) is 4.38. The highest BCUT2D eigenvalue weighted by molar-refractivity contribution is 5.86. The average Bonchev–Trinajstić information content (AvgIpc) is 2.96. The van der Waals surface area contributed by atoms with Crippen LogP contribution >= 0.6 is 0 Å². The van der Waals surface area contributed by atoms with Crippen molar-refractivity contribution in [3.63, 3.8) is 0 Å². The average molecular weight is 519 g/mol. The molecule has 0 saturated carbocycles. The normalized spacial score (nSPS) is 11.8. The van der Waals surface area contributed by atoms with Crippen LogP contribution in [0.15, 0.2) is 71.5 Å². The number of aliphatic hydroxyl groups excluding tert-OH is 1. The van der Waals surface area contributed by atoms with Crippen molar-refractivity contribution in [3.8, 4) is 34.3 Å². The lowest BCUT2D eigenvalue weighted by atomic mass is 10.1. The molecule has 0 saturated heterocycles. The van der Waals surface area contributed by atoms with Gasteiger partial charge in [-0.25, -0.2) is 0 Å². The third kappa shape index (κ3) is 6.10. The summed E-state index contributed by atoms with van der Waals surface area (Å²) in [5.41, 5.74) is 2.56. The number of rotatable bonds is 12. The Morgan fingerprint density at radius 2 is 1.68 bits per heavy atom. The van der Waals surface area contributed by atoms with Gasteiger partial charge in [-0.2, -0.15) is 0 Å². The minimum Gasteiger partial charge on any atom is -0.497 e. The number of methoxy groups -OCH3 is 3. The van der Waals surface area contributed by atoms with E-state index in [-0.39, 0.29) is 12.2 Å². The fourth-order valence-corrected chi connectivity index (χ4v) is 4.38. The number of hydrogen-bond acceptors (Lipinski definition) is 7. The van der Waals surface area contributed by atoms with E-state index in [1.807, 2.05) is 54.6 Å². The van der Waals surface area contributed by atoms with E-state index < -0.39 is 6.10 Å². The van der Waals surface area contributed by atoms with Gasteiger partial charge in [-0.3, -0.25) is 4.79 Å². The SMILES string of the molecule is COc1ccc2cc(-c3ccc(OCC(O)CNCCc4ccccc4OC)c(OC)c3)n(C)c(=O)c2c1. The number of aliphatic hydroxyl groups is 1. The summed E-state index contributed by atoms with van der Waals surface area (Å²) in [6, 6.07) is 20.8. The number of fused-ring (bicyclic) bond motifs is 1. The summed E-state index contributed by atoms with van der Waals surface area (Å²) in [5.74, 6) is 2.53. The number of nitrogens with one attached hydrogen (secondary N) is 1. The Bertz CT molecular complexity index is 1450. The molecule has 0 aliphatic heterocycles. The first kappa shape index (κ1) is 27.0. The number of para-hydroxylation sites is 1. The van der Waals surface area contributed by atoms with Crippen LogP contribution in [0.4, 0.5) is 0 Å². The summed E-state index contributed by atoms with van der Waals surface area (Å²) in [4.78, 5) is 13.0. The first-order valence-corrected chi connectivity index (χ1v) is 12.4. The number of pyridine rings is 1. The summed E-state index contributed by atoms with van der Waals surface area (Å²) in [7, 11) is 6.54. The van der Waals surface area contributed by atoms with E-state index >= 15 is 0 Å². The molecule has 200 valence electrons. The molecule has 1 aromatic heterocycles. The topological polar surface area (TPSA) is 91.2 Å². The van der Waals surface area contributed by atoms with Crippen LogP contribution in [-0.4, -0.2) is 56.8 Å². The van der Waals surface area contributed by atoms with Crippen LogP contribution in [0.5, 0.6) is 23.0 Å². The smallest absolute Gasteiger partial charge is 0.258 e. The number of ether oxygens (including phenoxy) is 4. The molecular weight excluding hydrogens is 484 g/mol. The lowest BCUT2D eigenvalue weighted by Crippen LogP contribution is -2.32. The summed E-state index contributed by atoms with van der Waals surface area (Å²) in [6.07, 6.45) is 0.0906. The summed E-state index contributed by atoms with van der Waals surface area (Å²) in [6.45, 7) is 1.19. The van der Waals surface area contributed by atoms with Crippen molar-refractivity contribution in [2.24, 2.45) is 7.05 Å². The molecule has 0 amide bonds. The Hall–Kier alpha value is -4.01. The van der Waals surface area contributed by atoms with Crippen molar-refractivity contribution >= 4 is 10.8 Å². The molecule has 8 heteroatoms. The molecule has 0 aliphatic carbocycles. The number of hydrogen-bond donors (Lipinski definition) is 2. The minimum absolute atomic E-state index is 0.105. The standard InChI is InChI=1S/C30H34N2O6/c1-32-26(15-21-9-11-24(35-2)17-25(21)30(32)34)22-10-12-28(29(16-22)37-4)38-19-23(33)18-31-14-13-20-7-5-6-8-27(20)36-3/h5-12,15-17,23,31,33H,13-14,18-19H2,1-4H3. The van der Waals surface area contributed by atoms with Crippen molar-refractivity contribution in [2.45, 2.75) is 12.5 Å². The predicted octanol–water partition coefficient (Wildman–Crippen LogP) is 3.80. The quantitative estimate of drug-likeness (QED) is 0.276. The minimum atomic E-state index is -0.699. The molecule has 1 atom stereocenters. The van der Waals surface area contributed by atoms with E-state index in [4.69, 9.17) is 18.9 Å². The van der Waals surface area contributed by atoms with Gasteiger partial charge in [0, 0.05) is 19.2 Å². The molecule has 0 bridgehead atoms. The summed E-state index contributed by atoms with van der Waals surface area (Å²) < 4.78 is 23.7. The maximum Gasteiger partial charge on any atom is 0.258 e. The highest BCUT2D eigenvalue weighted by Crippen LogP contribution is 2.33. The molecule has 0 aliphatic rings. The second-order valence-corrected chi connectivity index (χ2v) is 8.94. The molecular formula is C30H34N2O6. The molecule has 38 heavy (non-hydrogen) atoms. The van der Waals surface area contributed by atoms with Crippen molar-refractivity contribution in [1.29, 1.82) is 0 Å². The monoisotopic (exact) mass is 518 g/mol. The maximum atomic E-state index is 13.0. The third-order valence-electron chi connectivity index (χ3n) is 6.48. The highest BCUT2D eigenvalue weighted by atomic mass is 16.5. The van der Waals surface area contributed by atoms with E-state index in [9.17, 15) is 9.90 Å². The van der Waals surface area contributed by atoms with Crippen LogP contribution in [0.3, 0.4) is 0 Å². The Kier molecular flexibility index (Phi) is 8.89. The van der Waals surface area contributed by atoms with Crippen molar-refractivity contribution in [3.05, 3.63) is 82.6 Å². The maximum absolute atomic E-state index is 13.0. The molecule has 1 heterocycles. The first-order chi connectivity index (χ1) is 18.4. The molecule has 2 N–H and O–H groups in total. The molecule has 0 spiro atoms. The fraction of sp³-hybridized carbons (Fsp3) is 0.300. The van der Waals surface area contributed by atoms with Crippen molar-refractivity contribution in [1.82, 2.24) is 9.88 Å². The van der Waals surface area contributed by atoms with Crippen LogP contribution < -0.4 is 29.8 Å². The Morgan fingerprint density at radius 3 is 2.45 bits per heavy atom. The van der Waals surface area contributed by atoms with Crippen molar-refractivity contribution in [2.75, 3.05) is 41.0 Å². The van der Waals surface area contributed by atoms with Gasteiger partial charge in [-0.1, -0.05) is 24.3 Å². The molecule has 4 aromatic rings. The number of nitrogens with zero attached hydrogens (tertiary/aromatic N) is 1. The predicted molar refractivity (Wildman–Crippen MR) is 149 cm³/mol. The van der Waals surface area contributed by atoms with Crippen LogP contribution in [-0.2, 0) is 13.5 Å². The largest absolute Gasteiger partial charge is 0.497 e. The molecule has 0 radical (unpaired) electrons. The lowest BCUT2D eigenvalue weighted by molar-refractivity contribution is 0.105. The van der Waals surface area contributed by atoms with Gasteiger partial charge in [-0.05, 0) is 66.4 Å². The van der Waals surface area contributed by atoms with Gasteiger partial charge < -0.3 is 33.9 Å². The zero-order chi connectivity index (χ0) is 27.1. The zero-order valence-corrected chi connectivity index (χ0v) is 22.2. The molecule has 8 nitrogen and oxygen atoms in total. The Balaban J connectivity index is 1.39. The molecule has 3 aromatic carbocycles. The van der Waals surface area contributed by atoms with Crippen LogP contribution in [0.2, 0.25) is 0 Å². The van der Waals surface area contributed by atoms with Crippen LogP contribution in [0.1, 0.15) is 5.56 Å². The molecule has 1 unspecified atom stereocenters. The number of aromatic nitrogens is 1. The van der Waals surface area contributed by atoms with Gasteiger partial charge in [0.05, 0.1) is 32.4 Å². The third-order valence-corrected chi connectivity index (χ3v) is 6.48. The second-order valence-electron chi connectivity index (χ2n) is 8.94. The van der Waals surface area contributed by atoms with Gasteiger partial charge >= 0.3 is 0 Å². The first-order valence-electron chi connectivity index (χ1n) is 12.4. The molecule has 4 rings (SSSR count). The van der Waals surface area contributed by atoms with E-state index in [2.05, 4.69) is 5.32 Å². The molecule has 0 fully saturated rings. The zero-order valence-electron chi connectivity index (χ0n) is 22.2. The Morgan fingerprint density at radius 1 is 0.895 bits per heavy atom. The van der Waals surface area contributed by atoms with Gasteiger partial charge in [0.1, 0.15) is 24.2 Å². The van der Waals surface area contributed by atoms with Crippen molar-refractivity contribution < 1.29 is 24.1 Å². The van der Waals surface area contributed by atoms with E-state index in [1.165, 1.54) is 0 Å². The summed E-state index contributed by atoms with van der Waals surface area (Å²) >= 11 is 0. The Labute approximate surface area is 222 Å². The van der Waals surface area contributed by atoms with Crippen LogP contribution in [0.25, 0.3) is 22.0 Å². The van der Waals surface area contributed by atoms with Crippen LogP contribution in [0, 0.1) is 0 Å². The lowest BCUT2D eigenvalue weighted by Gasteiger charge is -2.17. The van der Waals surface area contributed by atoms with Gasteiger partial charge in [0.15, 0.2) is 11.5 Å². The van der Waals surface area contributed by atoms with Gasteiger partial charge in [0.25, 0.3) is 5.56 Å². The van der Waals surface area contributed by atoms with Gasteiger partial charge in [0.2, 0.25) is 0 Å². The van der Waals surface area contributed by atoms with E-state index in [1.54, 1.807) is 45.1 Å². The van der Waals surface area contributed by atoms with E-state index in [0.29, 0.717) is 35.7 Å². The van der Waals surface area contributed by atoms with E-state index in [0.717, 1.165) is 34.4 Å². The number of benzene rings is 3. The highest BCUT2D eigenvalue weighted by Gasteiger charge is 2.14.